The average molecular weight is 458 g/mol. The first-order valence-electron chi connectivity index (χ1n) is 12.7. The molecule has 0 aromatic heterocycles. The molecule has 2 bridgehead atoms. The Bertz CT molecular complexity index is 811. The Morgan fingerprint density at radius 3 is 2.55 bits per heavy atom. The molecule has 0 spiro atoms. The molecule has 184 valence electrons. The highest BCUT2D eigenvalue weighted by atomic mass is 16.5. The van der Waals surface area contributed by atoms with Crippen LogP contribution in [-0.2, 0) is 17.8 Å². The molecule has 3 fully saturated rings. The van der Waals surface area contributed by atoms with E-state index in [9.17, 15) is 10.2 Å². The minimum absolute atomic E-state index is 0.135. The predicted octanol–water partition coefficient (Wildman–Crippen LogP) is 4.29. The molecule has 1 aromatic rings. The summed E-state index contributed by atoms with van der Waals surface area (Å²) in [5, 5.41) is 19.1. The van der Waals surface area contributed by atoms with Crippen LogP contribution in [0.4, 0.5) is 0 Å². The summed E-state index contributed by atoms with van der Waals surface area (Å²) >= 11 is 0. The van der Waals surface area contributed by atoms with Crippen LogP contribution >= 0.6 is 0 Å². The van der Waals surface area contributed by atoms with Crippen LogP contribution in [-0.4, -0.2) is 78.6 Å². The van der Waals surface area contributed by atoms with Gasteiger partial charge in [0.2, 0.25) is 0 Å². The normalized spacial score (nSPS) is 24.5. The second-order valence-corrected chi connectivity index (χ2v) is 10.5. The number of ether oxygens (including phenoxy) is 1. The minimum atomic E-state index is -0.135. The molecule has 0 saturated carbocycles. The number of fused-ring (bicyclic) bond motifs is 3. The largest absolute Gasteiger partial charge is 0.508 e. The highest BCUT2D eigenvalue weighted by molar-refractivity contribution is 5.35. The molecule has 3 saturated heterocycles. The lowest BCUT2D eigenvalue weighted by Gasteiger charge is -2.49. The third-order valence-electron chi connectivity index (χ3n) is 8.09. The molecule has 4 rings (SSSR count). The number of phenols is 1. The fourth-order valence-corrected chi connectivity index (χ4v) is 5.19. The number of rotatable bonds is 12. The van der Waals surface area contributed by atoms with Crippen molar-refractivity contribution in [3.63, 3.8) is 0 Å². The van der Waals surface area contributed by atoms with Gasteiger partial charge in [-0.15, -0.1) is 0 Å². The van der Waals surface area contributed by atoms with Crippen LogP contribution in [0.3, 0.4) is 0 Å². The van der Waals surface area contributed by atoms with Crippen molar-refractivity contribution in [3.8, 4) is 5.75 Å². The number of quaternary nitrogens is 1. The van der Waals surface area contributed by atoms with Gasteiger partial charge in [0.1, 0.15) is 12.3 Å². The van der Waals surface area contributed by atoms with Gasteiger partial charge in [-0.05, 0) is 82.7 Å². The second kappa shape index (κ2) is 12.2. The predicted molar refractivity (Wildman–Crippen MR) is 135 cm³/mol. The summed E-state index contributed by atoms with van der Waals surface area (Å²) in [5.74, 6) is 1.17. The Morgan fingerprint density at radius 1 is 1.18 bits per heavy atom. The zero-order valence-corrected chi connectivity index (χ0v) is 21.2. The fraction of sp³-hybridized carbons (Fsp3) is 0.643. The number of benzene rings is 1. The first kappa shape index (κ1) is 26.0. The molecule has 1 aromatic carbocycles. The van der Waals surface area contributed by atoms with E-state index in [1.807, 2.05) is 12.1 Å². The van der Waals surface area contributed by atoms with Crippen LogP contribution < -0.4 is 0 Å². The summed E-state index contributed by atoms with van der Waals surface area (Å²) < 4.78 is 7.34. The lowest BCUT2D eigenvalue weighted by molar-refractivity contribution is -0.942. The van der Waals surface area contributed by atoms with Crippen LogP contribution in [0, 0.1) is 5.92 Å². The van der Waals surface area contributed by atoms with Crippen LogP contribution in [0.2, 0.25) is 0 Å². The van der Waals surface area contributed by atoms with Crippen LogP contribution in [0.25, 0.3) is 0 Å². The van der Waals surface area contributed by atoms with Gasteiger partial charge in [0.15, 0.2) is 0 Å². The SMILES string of the molecule is C/C(=C\C=C(/C)C(C)N(C)CCc1ccc(O)c(CO)c1)COCC[N+]12CCC(CC1)CC2. The van der Waals surface area contributed by atoms with E-state index in [-0.39, 0.29) is 12.4 Å². The Kier molecular flexibility index (Phi) is 9.57. The zero-order valence-electron chi connectivity index (χ0n) is 21.2. The van der Waals surface area contributed by atoms with Gasteiger partial charge in [0, 0.05) is 18.2 Å². The second-order valence-electron chi connectivity index (χ2n) is 10.5. The average Bonchev–Trinajstić information content (AvgIpc) is 2.85. The summed E-state index contributed by atoms with van der Waals surface area (Å²) in [6.07, 6.45) is 9.58. The number of piperidine rings is 3. The maximum absolute atomic E-state index is 9.74. The molecule has 3 aliphatic heterocycles. The molecule has 5 nitrogen and oxygen atoms in total. The number of allylic oxidation sites excluding steroid dienone is 2. The molecule has 3 aliphatic rings. The standard InChI is InChI=1S/C28H44N2O3/c1-22(21-33-18-17-30-14-10-25(11-15-30)12-16-30)5-6-23(2)24(3)29(4)13-9-26-7-8-28(32)27(19-26)20-31/h5-8,19,24-25,31H,9-18,20-21H2,1-4H3/p+1/b22-5+,23-6+. The van der Waals surface area contributed by atoms with E-state index >= 15 is 0 Å². The summed E-state index contributed by atoms with van der Waals surface area (Å²) in [4.78, 5) is 2.34. The highest BCUT2D eigenvalue weighted by Crippen LogP contribution is 2.33. The van der Waals surface area contributed by atoms with Crippen molar-refractivity contribution in [1.29, 1.82) is 0 Å². The van der Waals surface area contributed by atoms with E-state index in [2.05, 4.69) is 44.9 Å². The Hall–Kier alpha value is -1.66. The van der Waals surface area contributed by atoms with Gasteiger partial charge in [-0.2, -0.15) is 0 Å². The topological polar surface area (TPSA) is 52.9 Å². The van der Waals surface area contributed by atoms with Crippen molar-refractivity contribution < 1.29 is 19.4 Å². The highest BCUT2D eigenvalue weighted by Gasteiger charge is 2.39. The van der Waals surface area contributed by atoms with Crippen LogP contribution in [0.5, 0.6) is 5.75 Å². The van der Waals surface area contributed by atoms with E-state index in [4.69, 9.17) is 4.74 Å². The number of hydrogen-bond donors (Lipinski definition) is 2. The Balaban J connectivity index is 1.39. The maximum Gasteiger partial charge on any atom is 0.121 e. The van der Waals surface area contributed by atoms with Gasteiger partial charge >= 0.3 is 0 Å². The van der Waals surface area contributed by atoms with Gasteiger partial charge in [0.05, 0.1) is 39.5 Å². The molecule has 1 unspecified atom stereocenters. The van der Waals surface area contributed by atoms with Gasteiger partial charge in [-0.1, -0.05) is 23.8 Å². The quantitative estimate of drug-likeness (QED) is 0.279. The van der Waals surface area contributed by atoms with Crippen molar-refractivity contribution in [2.75, 3.05) is 53.0 Å². The molecule has 33 heavy (non-hydrogen) atoms. The lowest BCUT2D eigenvalue weighted by Crippen LogP contribution is -2.59. The Labute approximate surface area is 201 Å². The summed E-state index contributed by atoms with van der Waals surface area (Å²) in [6, 6.07) is 5.82. The number of aliphatic hydroxyl groups is 1. The number of nitrogens with zero attached hydrogens (tertiary/aromatic N) is 2. The minimum Gasteiger partial charge on any atom is -0.508 e. The molecule has 3 heterocycles. The fourth-order valence-electron chi connectivity index (χ4n) is 5.19. The van der Waals surface area contributed by atoms with Crippen molar-refractivity contribution in [2.45, 2.75) is 59.1 Å². The summed E-state index contributed by atoms with van der Waals surface area (Å²) in [7, 11) is 2.14. The Morgan fingerprint density at radius 2 is 1.88 bits per heavy atom. The molecule has 5 heteroatoms. The third-order valence-corrected chi connectivity index (χ3v) is 8.09. The van der Waals surface area contributed by atoms with Crippen molar-refractivity contribution in [3.05, 3.63) is 52.6 Å². The first-order valence-corrected chi connectivity index (χ1v) is 12.7. The van der Waals surface area contributed by atoms with Crippen LogP contribution in [0.1, 0.15) is 51.2 Å². The lowest BCUT2D eigenvalue weighted by atomic mass is 9.86. The van der Waals surface area contributed by atoms with Crippen molar-refractivity contribution in [1.82, 2.24) is 4.90 Å². The third kappa shape index (κ3) is 7.41. The monoisotopic (exact) mass is 457 g/mol. The van der Waals surface area contributed by atoms with E-state index in [0.717, 1.165) is 31.1 Å². The molecule has 0 radical (unpaired) electrons. The molecule has 0 amide bonds. The van der Waals surface area contributed by atoms with Crippen LogP contribution in [0.15, 0.2) is 41.5 Å². The van der Waals surface area contributed by atoms with Crippen molar-refractivity contribution >= 4 is 0 Å². The zero-order chi connectivity index (χ0) is 23.8. The first-order chi connectivity index (χ1) is 15.8. The number of aromatic hydroxyl groups is 1. The molecular weight excluding hydrogens is 412 g/mol. The van der Waals surface area contributed by atoms with E-state index in [1.54, 1.807) is 6.07 Å². The number of aliphatic hydroxyl groups excluding tert-OH is 1. The molecule has 0 aliphatic carbocycles. The summed E-state index contributed by atoms with van der Waals surface area (Å²) in [6.45, 7) is 14.2. The smallest absolute Gasteiger partial charge is 0.121 e. The summed E-state index contributed by atoms with van der Waals surface area (Å²) in [5.41, 5.74) is 4.31. The molecule has 1 atom stereocenters. The van der Waals surface area contributed by atoms with Crippen molar-refractivity contribution in [2.24, 2.45) is 5.92 Å². The number of likely N-dealkylation sites (N-methyl/N-ethyl adjacent to an activating group) is 1. The van der Waals surface area contributed by atoms with Gasteiger partial charge in [-0.25, -0.2) is 0 Å². The van der Waals surface area contributed by atoms with E-state index < -0.39 is 0 Å². The number of hydrogen-bond acceptors (Lipinski definition) is 4. The maximum atomic E-state index is 9.74. The van der Waals surface area contributed by atoms with Gasteiger partial charge < -0.3 is 19.4 Å². The molecule has 2 N–H and O–H groups in total. The van der Waals surface area contributed by atoms with Gasteiger partial charge in [-0.3, -0.25) is 4.90 Å². The molecular formula is C28H45N2O3+. The van der Waals surface area contributed by atoms with Gasteiger partial charge in [0.25, 0.3) is 0 Å². The van der Waals surface area contributed by atoms with E-state index in [1.165, 1.54) is 61.1 Å². The van der Waals surface area contributed by atoms with E-state index in [0.29, 0.717) is 18.2 Å².